The molecule has 1 aliphatic rings. The van der Waals surface area contributed by atoms with Gasteiger partial charge in [0.2, 0.25) is 0 Å². The van der Waals surface area contributed by atoms with Gasteiger partial charge in [-0.3, -0.25) is 4.79 Å². The van der Waals surface area contributed by atoms with E-state index >= 15 is 0 Å². The Balaban J connectivity index is 1.62. The van der Waals surface area contributed by atoms with E-state index in [1.807, 2.05) is 6.92 Å². The summed E-state index contributed by atoms with van der Waals surface area (Å²) in [6, 6.07) is 3.58. The van der Waals surface area contributed by atoms with E-state index in [0.717, 1.165) is 12.1 Å². The SMILES string of the molecule is Cc1cc(C(=O)NCCC2=CCCCC2)nc2ccnn12. The van der Waals surface area contributed by atoms with Crippen molar-refractivity contribution in [2.75, 3.05) is 6.54 Å². The molecule has 2 aromatic rings. The van der Waals surface area contributed by atoms with Gasteiger partial charge >= 0.3 is 0 Å². The molecule has 3 rings (SSSR count). The topological polar surface area (TPSA) is 59.3 Å². The van der Waals surface area contributed by atoms with E-state index in [4.69, 9.17) is 0 Å². The van der Waals surface area contributed by atoms with Crippen molar-refractivity contribution in [2.24, 2.45) is 0 Å². The second kappa shape index (κ2) is 6.08. The van der Waals surface area contributed by atoms with Crippen molar-refractivity contribution in [3.05, 3.63) is 41.4 Å². The molecule has 0 atom stereocenters. The lowest BCUT2D eigenvalue weighted by Gasteiger charge is -2.13. The number of fused-ring (bicyclic) bond motifs is 1. The van der Waals surface area contributed by atoms with Crippen molar-refractivity contribution in [1.82, 2.24) is 19.9 Å². The lowest BCUT2D eigenvalue weighted by molar-refractivity contribution is 0.0949. The Morgan fingerprint density at radius 3 is 3.14 bits per heavy atom. The lowest BCUT2D eigenvalue weighted by atomic mass is 9.97. The highest BCUT2D eigenvalue weighted by Gasteiger charge is 2.11. The van der Waals surface area contributed by atoms with Crippen LogP contribution in [0, 0.1) is 6.92 Å². The van der Waals surface area contributed by atoms with Gasteiger partial charge in [0.05, 0.1) is 6.20 Å². The minimum absolute atomic E-state index is 0.113. The Hall–Kier alpha value is -2.17. The van der Waals surface area contributed by atoms with Crippen molar-refractivity contribution < 1.29 is 4.79 Å². The molecule has 0 fully saturated rings. The zero-order valence-corrected chi connectivity index (χ0v) is 12.3. The van der Waals surface area contributed by atoms with Crippen LogP contribution < -0.4 is 5.32 Å². The minimum Gasteiger partial charge on any atom is -0.350 e. The second-order valence-electron chi connectivity index (χ2n) is 5.50. The Morgan fingerprint density at radius 1 is 1.43 bits per heavy atom. The zero-order chi connectivity index (χ0) is 14.7. The Labute approximate surface area is 124 Å². The average molecular weight is 284 g/mol. The number of nitrogens with zero attached hydrogens (tertiary/aromatic N) is 3. The molecule has 2 heterocycles. The standard InChI is InChI=1S/C16H20N4O/c1-12-11-14(19-15-8-10-18-20(12)15)16(21)17-9-7-13-5-3-2-4-6-13/h5,8,10-11H,2-4,6-7,9H2,1H3,(H,17,21). The molecule has 1 N–H and O–H groups in total. The molecule has 21 heavy (non-hydrogen) atoms. The third-order valence-electron chi connectivity index (χ3n) is 3.89. The molecule has 5 heteroatoms. The number of carbonyl (C=O) groups excluding carboxylic acids is 1. The van der Waals surface area contributed by atoms with Gasteiger partial charge in [-0.1, -0.05) is 11.6 Å². The van der Waals surface area contributed by atoms with Crippen molar-refractivity contribution in [3.8, 4) is 0 Å². The van der Waals surface area contributed by atoms with Gasteiger partial charge in [-0.2, -0.15) is 5.10 Å². The predicted octanol–water partition coefficient (Wildman–Crippen LogP) is 2.66. The monoisotopic (exact) mass is 284 g/mol. The van der Waals surface area contributed by atoms with Crippen molar-refractivity contribution in [2.45, 2.75) is 39.0 Å². The lowest BCUT2D eigenvalue weighted by Crippen LogP contribution is -2.26. The van der Waals surface area contributed by atoms with Crippen LogP contribution in [-0.2, 0) is 0 Å². The molecule has 0 radical (unpaired) electrons. The Bertz CT molecular complexity index is 687. The molecule has 0 saturated carbocycles. The fourth-order valence-corrected chi connectivity index (χ4v) is 2.74. The third kappa shape index (κ3) is 3.12. The first-order valence-electron chi connectivity index (χ1n) is 7.51. The maximum atomic E-state index is 12.2. The van der Waals surface area contributed by atoms with Crippen LogP contribution >= 0.6 is 0 Å². The van der Waals surface area contributed by atoms with Gasteiger partial charge in [0.15, 0.2) is 5.65 Å². The summed E-state index contributed by atoms with van der Waals surface area (Å²) >= 11 is 0. The molecule has 0 aromatic carbocycles. The van der Waals surface area contributed by atoms with Gasteiger partial charge in [0, 0.05) is 18.3 Å². The van der Waals surface area contributed by atoms with Gasteiger partial charge in [-0.25, -0.2) is 9.50 Å². The van der Waals surface area contributed by atoms with E-state index in [2.05, 4.69) is 21.5 Å². The summed E-state index contributed by atoms with van der Waals surface area (Å²) in [7, 11) is 0. The van der Waals surface area contributed by atoms with Gasteiger partial charge in [0.25, 0.3) is 5.91 Å². The van der Waals surface area contributed by atoms with E-state index in [-0.39, 0.29) is 5.91 Å². The maximum absolute atomic E-state index is 12.2. The molecule has 0 aliphatic heterocycles. The second-order valence-corrected chi connectivity index (χ2v) is 5.50. The van der Waals surface area contributed by atoms with Crippen molar-refractivity contribution in [3.63, 3.8) is 0 Å². The van der Waals surface area contributed by atoms with E-state index in [9.17, 15) is 4.79 Å². The minimum atomic E-state index is -0.113. The molecular weight excluding hydrogens is 264 g/mol. The number of rotatable bonds is 4. The first-order chi connectivity index (χ1) is 10.2. The van der Waals surface area contributed by atoms with Crippen LogP contribution in [0.2, 0.25) is 0 Å². The summed E-state index contributed by atoms with van der Waals surface area (Å²) in [5, 5.41) is 7.12. The summed E-state index contributed by atoms with van der Waals surface area (Å²) < 4.78 is 1.73. The smallest absolute Gasteiger partial charge is 0.270 e. The van der Waals surface area contributed by atoms with E-state index in [1.54, 1.807) is 22.8 Å². The Kier molecular flexibility index (Phi) is 3.99. The molecule has 1 amide bonds. The van der Waals surface area contributed by atoms with Gasteiger partial charge in [-0.05, 0) is 45.1 Å². The number of aryl methyl sites for hydroxylation is 1. The summed E-state index contributed by atoms with van der Waals surface area (Å²) in [6.07, 6.45) is 9.88. The van der Waals surface area contributed by atoms with Crippen LogP contribution in [0.25, 0.3) is 5.65 Å². The summed E-state index contributed by atoms with van der Waals surface area (Å²) in [5.74, 6) is -0.113. The number of aromatic nitrogens is 3. The molecule has 0 bridgehead atoms. The van der Waals surface area contributed by atoms with E-state index in [1.165, 1.54) is 31.3 Å². The number of allylic oxidation sites excluding steroid dienone is 1. The summed E-state index contributed by atoms with van der Waals surface area (Å²) in [4.78, 5) is 16.5. The molecule has 0 unspecified atom stereocenters. The number of hydrogen-bond acceptors (Lipinski definition) is 3. The first-order valence-corrected chi connectivity index (χ1v) is 7.51. The molecule has 1 aliphatic carbocycles. The zero-order valence-electron chi connectivity index (χ0n) is 12.3. The first kappa shape index (κ1) is 13.8. The number of nitrogens with one attached hydrogen (secondary N) is 1. The number of carbonyl (C=O) groups is 1. The molecule has 0 spiro atoms. The predicted molar refractivity (Wildman–Crippen MR) is 81.2 cm³/mol. The number of amides is 1. The van der Waals surface area contributed by atoms with Gasteiger partial charge in [-0.15, -0.1) is 0 Å². The van der Waals surface area contributed by atoms with Crippen LogP contribution in [0.3, 0.4) is 0 Å². The highest BCUT2D eigenvalue weighted by molar-refractivity contribution is 5.92. The van der Waals surface area contributed by atoms with Gasteiger partial charge < -0.3 is 5.32 Å². The Morgan fingerprint density at radius 2 is 2.33 bits per heavy atom. The van der Waals surface area contributed by atoms with Crippen molar-refractivity contribution >= 4 is 11.6 Å². The normalized spacial score (nSPS) is 15.0. The molecular formula is C16H20N4O. The molecule has 110 valence electrons. The van der Waals surface area contributed by atoms with E-state index < -0.39 is 0 Å². The summed E-state index contributed by atoms with van der Waals surface area (Å²) in [6.45, 7) is 2.60. The third-order valence-corrected chi connectivity index (χ3v) is 3.89. The summed E-state index contributed by atoms with van der Waals surface area (Å²) in [5.41, 5.74) is 3.54. The highest BCUT2D eigenvalue weighted by Crippen LogP contribution is 2.19. The fourth-order valence-electron chi connectivity index (χ4n) is 2.74. The number of hydrogen-bond donors (Lipinski definition) is 1. The van der Waals surface area contributed by atoms with Crippen LogP contribution in [0.5, 0.6) is 0 Å². The van der Waals surface area contributed by atoms with Crippen LogP contribution in [0.1, 0.15) is 48.3 Å². The largest absolute Gasteiger partial charge is 0.350 e. The maximum Gasteiger partial charge on any atom is 0.270 e. The molecule has 2 aromatic heterocycles. The fraction of sp³-hybridized carbons (Fsp3) is 0.438. The van der Waals surface area contributed by atoms with Crippen LogP contribution in [0.15, 0.2) is 30.0 Å². The van der Waals surface area contributed by atoms with Gasteiger partial charge in [0.1, 0.15) is 5.69 Å². The highest BCUT2D eigenvalue weighted by atomic mass is 16.1. The van der Waals surface area contributed by atoms with Crippen LogP contribution in [-0.4, -0.2) is 27.0 Å². The average Bonchev–Trinajstić information content (AvgIpc) is 2.97. The van der Waals surface area contributed by atoms with Crippen molar-refractivity contribution in [1.29, 1.82) is 0 Å². The van der Waals surface area contributed by atoms with Crippen LogP contribution in [0.4, 0.5) is 0 Å². The quantitative estimate of drug-likeness (QED) is 0.878. The molecule has 0 saturated heterocycles. The molecule has 5 nitrogen and oxygen atoms in total. The van der Waals surface area contributed by atoms with E-state index in [0.29, 0.717) is 17.9 Å².